The Morgan fingerprint density at radius 1 is 1.30 bits per heavy atom. The van der Waals surface area contributed by atoms with Crippen molar-refractivity contribution in [1.29, 1.82) is 0 Å². The van der Waals surface area contributed by atoms with E-state index in [1.807, 2.05) is 0 Å². The normalized spacial score (nSPS) is 16.9. The minimum atomic E-state index is -3.61. The molecule has 1 aromatic carbocycles. The Balaban J connectivity index is 2.42. The van der Waals surface area contributed by atoms with Crippen molar-refractivity contribution in [2.45, 2.75) is 11.8 Å². The number of aryl methyl sites for hydroxylation is 1. The highest BCUT2D eigenvalue weighted by molar-refractivity contribution is 7.89. The molecule has 1 aliphatic rings. The SMILES string of the molecule is COC(=O)c1ccc(C)c(S(=O)(=O)N2CCOCC2)c1. The molecular weight excluding hydrogens is 282 g/mol. The van der Waals surface area contributed by atoms with E-state index in [0.717, 1.165) is 0 Å². The minimum absolute atomic E-state index is 0.141. The van der Waals surface area contributed by atoms with Crippen molar-refractivity contribution < 1.29 is 22.7 Å². The molecule has 0 N–H and O–H groups in total. The Kier molecular flexibility index (Phi) is 4.42. The van der Waals surface area contributed by atoms with Crippen molar-refractivity contribution >= 4 is 16.0 Å². The number of hydrogen-bond acceptors (Lipinski definition) is 5. The number of carbonyl (C=O) groups excluding carboxylic acids is 1. The van der Waals surface area contributed by atoms with Crippen LogP contribution < -0.4 is 0 Å². The molecule has 0 atom stereocenters. The molecule has 1 fully saturated rings. The first kappa shape index (κ1) is 15.0. The van der Waals surface area contributed by atoms with Crippen LogP contribution in [0.15, 0.2) is 23.1 Å². The zero-order valence-electron chi connectivity index (χ0n) is 11.5. The molecule has 1 saturated heterocycles. The highest BCUT2D eigenvalue weighted by atomic mass is 32.2. The fourth-order valence-corrected chi connectivity index (χ4v) is 3.71. The van der Waals surface area contributed by atoms with E-state index in [4.69, 9.17) is 4.74 Å². The summed E-state index contributed by atoms with van der Waals surface area (Å²) in [6.45, 7) is 3.12. The fraction of sp³-hybridized carbons (Fsp3) is 0.462. The Hall–Kier alpha value is -1.44. The van der Waals surface area contributed by atoms with Gasteiger partial charge in [0.25, 0.3) is 0 Å². The third kappa shape index (κ3) is 2.84. The van der Waals surface area contributed by atoms with Crippen LogP contribution in [-0.2, 0) is 19.5 Å². The second kappa shape index (κ2) is 5.90. The summed E-state index contributed by atoms with van der Waals surface area (Å²) in [4.78, 5) is 11.7. The first-order valence-electron chi connectivity index (χ1n) is 6.23. The van der Waals surface area contributed by atoms with Gasteiger partial charge in [0.1, 0.15) is 0 Å². The molecule has 1 aliphatic heterocycles. The van der Waals surface area contributed by atoms with Crippen LogP contribution in [0.5, 0.6) is 0 Å². The molecular formula is C13H17NO5S. The van der Waals surface area contributed by atoms with Gasteiger partial charge in [0.2, 0.25) is 10.0 Å². The van der Waals surface area contributed by atoms with Crippen LogP contribution in [0.2, 0.25) is 0 Å². The molecule has 0 saturated carbocycles. The number of benzene rings is 1. The van der Waals surface area contributed by atoms with Gasteiger partial charge < -0.3 is 9.47 Å². The lowest BCUT2D eigenvalue weighted by atomic mass is 10.1. The first-order chi connectivity index (χ1) is 9.46. The number of methoxy groups -OCH3 is 1. The van der Waals surface area contributed by atoms with Crippen LogP contribution in [0.1, 0.15) is 15.9 Å². The maximum atomic E-state index is 12.6. The van der Waals surface area contributed by atoms with Crippen LogP contribution in [0.25, 0.3) is 0 Å². The van der Waals surface area contributed by atoms with Crippen molar-refractivity contribution in [2.75, 3.05) is 33.4 Å². The molecule has 0 spiro atoms. The van der Waals surface area contributed by atoms with Gasteiger partial charge >= 0.3 is 5.97 Å². The monoisotopic (exact) mass is 299 g/mol. The van der Waals surface area contributed by atoms with E-state index >= 15 is 0 Å². The van der Waals surface area contributed by atoms with Gasteiger partial charge in [-0.15, -0.1) is 0 Å². The molecule has 110 valence electrons. The Morgan fingerprint density at radius 2 is 1.95 bits per heavy atom. The van der Waals surface area contributed by atoms with Crippen LogP contribution in [-0.4, -0.2) is 52.1 Å². The molecule has 6 nitrogen and oxygen atoms in total. The van der Waals surface area contributed by atoms with E-state index in [-0.39, 0.29) is 10.5 Å². The lowest BCUT2D eigenvalue weighted by Crippen LogP contribution is -2.40. The minimum Gasteiger partial charge on any atom is -0.465 e. The molecule has 0 aliphatic carbocycles. The second-order valence-corrected chi connectivity index (χ2v) is 6.39. The number of carbonyl (C=O) groups is 1. The quantitative estimate of drug-likeness (QED) is 0.772. The fourth-order valence-electron chi connectivity index (χ4n) is 2.05. The zero-order chi connectivity index (χ0) is 14.8. The van der Waals surface area contributed by atoms with E-state index in [0.29, 0.717) is 31.9 Å². The van der Waals surface area contributed by atoms with Gasteiger partial charge in [-0.05, 0) is 24.6 Å². The van der Waals surface area contributed by atoms with Gasteiger partial charge in [0, 0.05) is 13.1 Å². The number of ether oxygens (including phenoxy) is 2. The maximum absolute atomic E-state index is 12.6. The number of nitrogens with zero attached hydrogens (tertiary/aromatic N) is 1. The molecule has 7 heteroatoms. The number of esters is 1. The Morgan fingerprint density at radius 3 is 2.55 bits per heavy atom. The zero-order valence-corrected chi connectivity index (χ0v) is 12.3. The second-order valence-electron chi connectivity index (χ2n) is 4.49. The Bertz CT molecular complexity index is 605. The van der Waals surface area contributed by atoms with E-state index in [1.54, 1.807) is 19.1 Å². The van der Waals surface area contributed by atoms with Crippen molar-refractivity contribution in [3.8, 4) is 0 Å². The summed E-state index contributed by atoms with van der Waals surface area (Å²) >= 11 is 0. The van der Waals surface area contributed by atoms with Crippen molar-refractivity contribution in [3.63, 3.8) is 0 Å². The Labute approximate surface area is 118 Å². The smallest absolute Gasteiger partial charge is 0.337 e. The molecule has 1 aromatic rings. The summed E-state index contributed by atoms with van der Waals surface area (Å²) < 4.78 is 36.3. The lowest BCUT2D eigenvalue weighted by molar-refractivity contribution is 0.0600. The number of sulfonamides is 1. The summed E-state index contributed by atoms with van der Waals surface area (Å²) in [5.41, 5.74) is 0.828. The molecule has 0 unspecified atom stereocenters. The summed E-state index contributed by atoms with van der Waals surface area (Å²) in [7, 11) is -2.35. The highest BCUT2D eigenvalue weighted by Gasteiger charge is 2.28. The number of hydrogen-bond donors (Lipinski definition) is 0. The van der Waals surface area contributed by atoms with E-state index in [2.05, 4.69) is 4.74 Å². The van der Waals surface area contributed by atoms with Gasteiger partial charge in [-0.2, -0.15) is 4.31 Å². The van der Waals surface area contributed by atoms with Gasteiger partial charge in [-0.1, -0.05) is 6.07 Å². The molecule has 0 aromatic heterocycles. The molecule has 2 rings (SSSR count). The standard InChI is InChI=1S/C13H17NO5S/c1-10-3-4-11(13(15)18-2)9-12(10)20(16,17)14-5-7-19-8-6-14/h3-4,9H,5-8H2,1-2H3. The van der Waals surface area contributed by atoms with Gasteiger partial charge in [-0.3, -0.25) is 0 Å². The highest BCUT2D eigenvalue weighted by Crippen LogP contribution is 2.22. The molecule has 0 bridgehead atoms. The van der Waals surface area contributed by atoms with E-state index in [1.165, 1.54) is 17.5 Å². The molecule has 0 radical (unpaired) electrons. The van der Waals surface area contributed by atoms with Gasteiger partial charge in [0.15, 0.2) is 0 Å². The topological polar surface area (TPSA) is 72.9 Å². The van der Waals surface area contributed by atoms with Crippen LogP contribution >= 0.6 is 0 Å². The molecule has 20 heavy (non-hydrogen) atoms. The van der Waals surface area contributed by atoms with Crippen LogP contribution in [0.3, 0.4) is 0 Å². The summed E-state index contributed by atoms with van der Waals surface area (Å²) in [6.07, 6.45) is 0. The van der Waals surface area contributed by atoms with Crippen LogP contribution in [0.4, 0.5) is 0 Å². The third-order valence-electron chi connectivity index (χ3n) is 3.20. The van der Waals surface area contributed by atoms with Crippen molar-refractivity contribution in [2.24, 2.45) is 0 Å². The summed E-state index contributed by atoms with van der Waals surface area (Å²) in [5.74, 6) is -0.552. The average Bonchev–Trinajstić information content (AvgIpc) is 2.47. The van der Waals surface area contributed by atoms with Gasteiger partial charge in [0.05, 0.1) is 30.8 Å². The molecule has 1 heterocycles. The van der Waals surface area contributed by atoms with Crippen molar-refractivity contribution in [3.05, 3.63) is 29.3 Å². The predicted molar refractivity (Wildman–Crippen MR) is 72.1 cm³/mol. The summed E-state index contributed by atoms with van der Waals surface area (Å²) in [5, 5.41) is 0. The summed E-state index contributed by atoms with van der Waals surface area (Å²) in [6, 6.07) is 4.53. The average molecular weight is 299 g/mol. The largest absolute Gasteiger partial charge is 0.465 e. The van der Waals surface area contributed by atoms with E-state index < -0.39 is 16.0 Å². The maximum Gasteiger partial charge on any atom is 0.337 e. The van der Waals surface area contributed by atoms with Crippen molar-refractivity contribution in [1.82, 2.24) is 4.31 Å². The van der Waals surface area contributed by atoms with Crippen LogP contribution in [0, 0.1) is 6.92 Å². The predicted octanol–water partition coefficient (Wildman–Crippen LogP) is 0.803. The van der Waals surface area contributed by atoms with E-state index in [9.17, 15) is 13.2 Å². The number of rotatable bonds is 3. The van der Waals surface area contributed by atoms with Gasteiger partial charge in [-0.25, -0.2) is 13.2 Å². The first-order valence-corrected chi connectivity index (χ1v) is 7.67. The number of morpholine rings is 1. The molecule has 0 amide bonds. The third-order valence-corrected chi connectivity index (χ3v) is 5.24. The lowest BCUT2D eigenvalue weighted by Gasteiger charge is -2.26.